The molecule has 0 atom stereocenters. The van der Waals surface area contributed by atoms with Crippen LogP contribution in [0.2, 0.25) is 0 Å². The van der Waals surface area contributed by atoms with Crippen LogP contribution in [0.3, 0.4) is 0 Å². The summed E-state index contributed by atoms with van der Waals surface area (Å²) >= 11 is 0. The van der Waals surface area contributed by atoms with Gasteiger partial charge in [0, 0.05) is 34.0 Å². The van der Waals surface area contributed by atoms with Gasteiger partial charge in [-0.1, -0.05) is 13.8 Å². The van der Waals surface area contributed by atoms with Crippen LogP contribution in [-0.4, -0.2) is 15.9 Å². The summed E-state index contributed by atoms with van der Waals surface area (Å²) in [7, 11) is 0. The summed E-state index contributed by atoms with van der Waals surface area (Å²) < 4.78 is 0. The molecule has 0 aliphatic rings. The van der Waals surface area contributed by atoms with E-state index >= 15 is 0 Å². The zero-order chi connectivity index (χ0) is 20.0. The predicted octanol–water partition coefficient (Wildman–Crippen LogP) is 2.40. The van der Waals surface area contributed by atoms with Crippen molar-refractivity contribution >= 4 is 34.0 Å². The molecule has 0 fully saturated rings. The van der Waals surface area contributed by atoms with Gasteiger partial charge in [-0.25, -0.2) is 0 Å². The first kappa shape index (κ1) is 19.5. The van der Waals surface area contributed by atoms with E-state index in [1.165, 1.54) is 0 Å². The third-order valence-electron chi connectivity index (χ3n) is 3.80. The van der Waals surface area contributed by atoms with Gasteiger partial charge in [-0.3, -0.25) is 4.79 Å². The minimum Gasteiger partial charge on any atom is -0.393 e. The minimum absolute atomic E-state index is 0.120. The normalized spacial score (nSPS) is 11.1. The van der Waals surface area contributed by atoms with E-state index in [0.717, 1.165) is 16.6 Å². The molecule has 0 spiro atoms. The lowest BCUT2D eigenvalue weighted by Crippen LogP contribution is -2.24. The second kappa shape index (κ2) is 8.49. The molecule has 0 saturated carbocycles. The minimum atomic E-state index is -0.748. The number of anilines is 2. The van der Waals surface area contributed by atoms with Gasteiger partial charge in [-0.05, 0) is 30.3 Å². The number of carbonyl (C=O) groups excluding carboxylic acids is 1. The number of benzene rings is 1. The molecule has 8 heteroatoms. The van der Waals surface area contributed by atoms with Crippen molar-refractivity contribution in [1.29, 1.82) is 5.26 Å². The maximum atomic E-state index is 11.5. The van der Waals surface area contributed by atoms with E-state index < -0.39 is 5.91 Å². The van der Waals surface area contributed by atoms with E-state index in [1.54, 1.807) is 12.3 Å². The molecule has 2 aromatic heterocycles. The summed E-state index contributed by atoms with van der Waals surface area (Å²) in [4.78, 5) is 17.5. The molecule has 1 aromatic carbocycles. The Labute approximate surface area is 157 Å². The number of nitrogens with two attached hydrogens (primary N) is 3. The quantitative estimate of drug-likeness (QED) is 0.382. The maximum Gasteiger partial charge on any atom is 0.266 e. The molecule has 0 saturated heterocycles. The van der Waals surface area contributed by atoms with Crippen LogP contribution in [-0.2, 0) is 11.2 Å². The Balaban J connectivity index is 0.00000126. The van der Waals surface area contributed by atoms with Crippen LogP contribution < -0.4 is 22.5 Å². The van der Waals surface area contributed by atoms with Gasteiger partial charge in [0.1, 0.15) is 11.5 Å². The lowest BCUT2D eigenvalue weighted by molar-refractivity contribution is -0.114. The molecular formula is C19H23N7O. The van der Waals surface area contributed by atoms with Crippen LogP contribution in [0.4, 0.5) is 11.5 Å². The second-order valence-corrected chi connectivity index (χ2v) is 5.51. The highest BCUT2D eigenvalue weighted by atomic mass is 16.1. The highest BCUT2D eigenvalue weighted by molar-refractivity contribution is 6.03. The monoisotopic (exact) mass is 365 g/mol. The molecule has 0 radical (unpaired) electrons. The average molecular weight is 365 g/mol. The van der Waals surface area contributed by atoms with Crippen LogP contribution in [0.1, 0.15) is 25.1 Å². The first-order valence-electron chi connectivity index (χ1n) is 8.48. The zero-order valence-electron chi connectivity index (χ0n) is 15.3. The number of H-pyrrole nitrogens is 2. The van der Waals surface area contributed by atoms with Crippen molar-refractivity contribution < 1.29 is 4.79 Å². The molecule has 1 amide bonds. The van der Waals surface area contributed by atoms with Crippen molar-refractivity contribution in [2.75, 3.05) is 11.1 Å². The number of nitrogens with zero attached hydrogens (tertiary/aromatic N) is 1. The standard InChI is InChI=1S/C17H17N7O.C2H6/c18-5-3-11-8-9-7-10(1-2-13(9)23-11)24-15(14(19)17(21)25)12-4-6-22-16(12)20;1-2/h1-2,4,6-8,22-24H,3,19-20H2,(H2,21,25);1-2H3/b15-14+;. The Morgan fingerprint density at radius 1 is 1.22 bits per heavy atom. The number of fused-ring (bicyclic) bond motifs is 1. The van der Waals surface area contributed by atoms with Gasteiger partial charge in [0.05, 0.1) is 18.2 Å². The van der Waals surface area contributed by atoms with Gasteiger partial charge in [0.15, 0.2) is 0 Å². The summed E-state index contributed by atoms with van der Waals surface area (Å²) in [6.07, 6.45) is 1.95. The smallest absolute Gasteiger partial charge is 0.266 e. The Hall–Kier alpha value is -3.86. The predicted molar refractivity (Wildman–Crippen MR) is 108 cm³/mol. The van der Waals surface area contributed by atoms with Crippen molar-refractivity contribution in [2.24, 2.45) is 11.5 Å². The van der Waals surface area contributed by atoms with Crippen LogP contribution in [0.15, 0.2) is 42.2 Å². The lowest BCUT2D eigenvalue weighted by atomic mass is 10.1. The lowest BCUT2D eigenvalue weighted by Gasteiger charge is -2.13. The summed E-state index contributed by atoms with van der Waals surface area (Å²) in [5.74, 6) is -0.382. The number of aromatic nitrogens is 2. The molecule has 0 aliphatic heterocycles. The number of primary amides is 1. The van der Waals surface area contributed by atoms with Gasteiger partial charge in [-0.15, -0.1) is 0 Å². The number of rotatable bonds is 5. The topological polar surface area (TPSA) is 163 Å². The van der Waals surface area contributed by atoms with Gasteiger partial charge >= 0.3 is 0 Å². The first-order valence-corrected chi connectivity index (χ1v) is 8.48. The van der Waals surface area contributed by atoms with E-state index in [0.29, 0.717) is 29.2 Å². The van der Waals surface area contributed by atoms with Crippen LogP contribution in [0.25, 0.3) is 16.6 Å². The van der Waals surface area contributed by atoms with Gasteiger partial charge < -0.3 is 32.5 Å². The van der Waals surface area contributed by atoms with Crippen molar-refractivity contribution in [2.45, 2.75) is 20.3 Å². The molecule has 9 N–H and O–H groups in total. The molecule has 2 heterocycles. The molecule has 3 rings (SSSR count). The number of aromatic amines is 2. The van der Waals surface area contributed by atoms with Crippen LogP contribution in [0.5, 0.6) is 0 Å². The third-order valence-corrected chi connectivity index (χ3v) is 3.80. The van der Waals surface area contributed by atoms with Gasteiger partial charge in [-0.2, -0.15) is 5.26 Å². The van der Waals surface area contributed by atoms with Crippen molar-refractivity contribution in [1.82, 2.24) is 9.97 Å². The Kier molecular flexibility index (Phi) is 6.12. The number of hydrogen-bond donors (Lipinski definition) is 6. The fourth-order valence-corrected chi connectivity index (χ4v) is 2.60. The largest absolute Gasteiger partial charge is 0.393 e. The van der Waals surface area contributed by atoms with Gasteiger partial charge in [0.2, 0.25) is 0 Å². The number of hydrogen-bond acceptors (Lipinski definition) is 5. The number of amides is 1. The molecule has 3 aromatic rings. The van der Waals surface area contributed by atoms with Crippen molar-refractivity contribution in [3.05, 3.63) is 53.5 Å². The summed E-state index contributed by atoms with van der Waals surface area (Å²) in [5, 5.41) is 12.8. The maximum absolute atomic E-state index is 11.5. The zero-order valence-corrected chi connectivity index (χ0v) is 15.3. The SMILES string of the molecule is CC.N#CCc1cc2cc(N/C(=C(/N)C(N)=O)c3cc[nH]c3N)ccc2[nH]1. The Morgan fingerprint density at radius 3 is 2.56 bits per heavy atom. The fraction of sp³-hybridized carbons (Fsp3) is 0.158. The molecule has 0 bridgehead atoms. The molecule has 27 heavy (non-hydrogen) atoms. The highest BCUT2D eigenvalue weighted by Crippen LogP contribution is 2.27. The fourth-order valence-electron chi connectivity index (χ4n) is 2.60. The highest BCUT2D eigenvalue weighted by Gasteiger charge is 2.15. The summed E-state index contributed by atoms with van der Waals surface area (Å²) in [5.41, 5.74) is 20.3. The van der Waals surface area contributed by atoms with Crippen LogP contribution in [0, 0.1) is 11.3 Å². The molecular weight excluding hydrogens is 342 g/mol. The Morgan fingerprint density at radius 2 is 1.96 bits per heavy atom. The first-order chi connectivity index (χ1) is 13.0. The second-order valence-electron chi connectivity index (χ2n) is 5.51. The van der Waals surface area contributed by atoms with Crippen molar-refractivity contribution in [3.8, 4) is 6.07 Å². The van der Waals surface area contributed by atoms with E-state index in [-0.39, 0.29) is 5.70 Å². The number of carbonyl (C=O) groups is 1. The number of nitriles is 1. The molecule has 0 aliphatic carbocycles. The summed E-state index contributed by atoms with van der Waals surface area (Å²) in [6.45, 7) is 4.00. The van der Waals surface area contributed by atoms with Crippen molar-refractivity contribution in [3.63, 3.8) is 0 Å². The van der Waals surface area contributed by atoms with Gasteiger partial charge in [0.25, 0.3) is 5.91 Å². The molecule has 8 nitrogen and oxygen atoms in total. The Bertz CT molecular complexity index is 1020. The number of nitrogen functional groups attached to an aromatic ring is 1. The number of nitrogens with one attached hydrogen (secondary N) is 3. The van der Waals surface area contributed by atoms with Crippen LogP contribution >= 0.6 is 0 Å². The average Bonchev–Trinajstić information content (AvgIpc) is 3.26. The molecule has 0 unspecified atom stereocenters. The third kappa shape index (κ3) is 4.22. The molecule has 140 valence electrons. The van der Waals surface area contributed by atoms with E-state index in [1.807, 2.05) is 38.1 Å². The summed E-state index contributed by atoms with van der Waals surface area (Å²) in [6, 6.07) is 11.3. The van der Waals surface area contributed by atoms with E-state index in [9.17, 15) is 4.79 Å². The van der Waals surface area contributed by atoms with E-state index in [4.69, 9.17) is 22.5 Å². The van der Waals surface area contributed by atoms with E-state index in [2.05, 4.69) is 21.4 Å².